The Morgan fingerprint density at radius 1 is 0.540 bits per heavy atom. The fraction of sp³-hybridized carbons (Fsp3) is 0.255. The predicted octanol–water partition coefficient (Wildman–Crippen LogP) is 12.7. The van der Waals surface area contributed by atoms with Crippen LogP contribution in [-0.2, 0) is 51.4 Å². The number of hydrogen-bond acceptors (Lipinski definition) is 5. The Kier molecular flexibility index (Phi) is 15.8. The maximum absolute atomic E-state index is 11.3. The number of benzene rings is 6. The van der Waals surface area contributed by atoms with Gasteiger partial charge in [0, 0.05) is 89.6 Å². The largest absolute Gasteiger partial charge is 0.492 e. The average molecular weight is 1040 g/mol. The van der Waals surface area contributed by atoms with Crippen molar-refractivity contribution >= 4 is 103 Å². The van der Waals surface area contributed by atoms with E-state index in [2.05, 4.69) is 148 Å². The lowest BCUT2D eigenvalue weighted by Gasteiger charge is -2.13. The third-order valence-corrected chi connectivity index (χ3v) is 12.5. The van der Waals surface area contributed by atoms with Crippen molar-refractivity contribution in [3.05, 3.63) is 158 Å². The fourth-order valence-electron chi connectivity index (χ4n) is 8.08. The Balaban J connectivity index is 0.000000189. The highest BCUT2D eigenvalue weighted by atomic mass is 79.9. The molecule has 0 saturated carbocycles. The van der Waals surface area contributed by atoms with Crippen molar-refractivity contribution in [1.29, 1.82) is 0 Å². The topological polar surface area (TPSA) is 112 Å². The van der Waals surface area contributed by atoms with Gasteiger partial charge in [-0.05, 0) is 116 Å². The summed E-state index contributed by atoms with van der Waals surface area (Å²) in [6, 6.07) is 43.5. The van der Waals surface area contributed by atoms with Crippen molar-refractivity contribution in [3.63, 3.8) is 0 Å². The number of rotatable bonds is 18. The molecule has 0 spiro atoms. The number of aromatic nitrogens is 2. The Morgan fingerprint density at radius 3 is 1.46 bits per heavy atom. The minimum absolute atomic E-state index is 0.329. The van der Waals surface area contributed by atoms with Crippen molar-refractivity contribution < 1.29 is 34.0 Å². The molecule has 2 atom stereocenters. The lowest BCUT2D eigenvalue weighted by Crippen LogP contribution is -2.26. The minimum atomic E-state index is -0.947. The van der Waals surface area contributed by atoms with E-state index in [1.54, 1.807) is 6.92 Å². The number of aliphatic carboxylic acids is 2. The summed E-state index contributed by atoms with van der Waals surface area (Å²) in [5.41, 5.74) is 7.99. The number of halogens is 3. The van der Waals surface area contributed by atoms with E-state index in [4.69, 9.17) is 14.2 Å². The number of fused-ring (bicyclic) bond motifs is 6. The smallest absolute Gasteiger partial charge is 0.333 e. The van der Waals surface area contributed by atoms with E-state index in [9.17, 15) is 19.8 Å². The standard InChI is InChI=1S/C26H26BrNO3.C25H23Br2NO4/c1-2-31-25(26(29)30)16-19-11-9-18(10-12-19)6-5-15-28-23-8-4-3-7-21(23)22-17-20(27)13-14-24(22)28;1-2-31-24(25(29)30)13-16-3-7-19(8-4-16)32-12-11-28-22-9-5-17(26)14-20(22)21-15-18(27)6-10-23(21)28/h3-4,7-14,17,25H,2,5-6,15-16H2,1H3,(H,29,30);3-10,14-15,24H,2,11-13H2,1H3,(H,29,30)/t25-;24-/m00/s1. The van der Waals surface area contributed by atoms with Gasteiger partial charge in [0.25, 0.3) is 0 Å². The highest BCUT2D eigenvalue weighted by Crippen LogP contribution is 2.34. The molecule has 8 aromatic rings. The van der Waals surface area contributed by atoms with Crippen LogP contribution >= 0.6 is 47.8 Å². The fourth-order valence-corrected chi connectivity index (χ4v) is 9.16. The summed E-state index contributed by atoms with van der Waals surface area (Å²) in [7, 11) is 0. The summed E-state index contributed by atoms with van der Waals surface area (Å²) in [4.78, 5) is 22.6. The monoisotopic (exact) mass is 1040 g/mol. The van der Waals surface area contributed by atoms with Gasteiger partial charge in [-0.15, -0.1) is 0 Å². The van der Waals surface area contributed by atoms with Crippen LogP contribution in [-0.4, -0.2) is 63.3 Å². The van der Waals surface area contributed by atoms with Gasteiger partial charge in [0.2, 0.25) is 0 Å². The van der Waals surface area contributed by atoms with Crippen molar-refractivity contribution in [2.24, 2.45) is 0 Å². The molecule has 0 aliphatic carbocycles. The molecular formula is C51H49Br3N2O7. The van der Waals surface area contributed by atoms with Crippen LogP contribution < -0.4 is 4.74 Å². The van der Waals surface area contributed by atoms with Gasteiger partial charge < -0.3 is 33.6 Å². The second-order valence-electron chi connectivity index (χ2n) is 15.2. The third kappa shape index (κ3) is 11.4. The highest BCUT2D eigenvalue weighted by molar-refractivity contribution is 9.11. The molecule has 0 aliphatic rings. The Bertz CT molecular complexity index is 2780. The molecule has 9 nitrogen and oxygen atoms in total. The molecule has 326 valence electrons. The maximum atomic E-state index is 11.3. The van der Waals surface area contributed by atoms with Crippen LogP contribution in [0.5, 0.6) is 5.75 Å². The number of para-hydroxylation sites is 1. The summed E-state index contributed by atoms with van der Waals surface area (Å²) < 4.78 is 24.5. The number of carbonyl (C=O) groups is 2. The first-order valence-electron chi connectivity index (χ1n) is 21.0. The van der Waals surface area contributed by atoms with Gasteiger partial charge in [-0.2, -0.15) is 0 Å². The summed E-state index contributed by atoms with van der Waals surface area (Å²) in [5.74, 6) is -1.11. The van der Waals surface area contributed by atoms with Gasteiger partial charge >= 0.3 is 11.9 Å². The Labute approximate surface area is 392 Å². The van der Waals surface area contributed by atoms with E-state index in [1.807, 2.05) is 43.3 Å². The molecule has 0 fully saturated rings. The lowest BCUT2D eigenvalue weighted by atomic mass is 10.0. The maximum Gasteiger partial charge on any atom is 0.333 e. The molecular weight excluding hydrogens is 992 g/mol. The zero-order valence-corrected chi connectivity index (χ0v) is 39.9. The van der Waals surface area contributed by atoms with Crippen LogP contribution in [0.3, 0.4) is 0 Å². The second kappa shape index (κ2) is 21.6. The van der Waals surface area contributed by atoms with E-state index < -0.39 is 24.1 Å². The molecule has 0 radical (unpaired) electrons. The van der Waals surface area contributed by atoms with Crippen molar-refractivity contribution in [1.82, 2.24) is 9.13 Å². The first-order valence-corrected chi connectivity index (χ1v) is 23.4. The summed E-state index contributed by atoms with van der Waals surface area (Å²) in [6.45, 7) is 6.54. The first kappa shape index (κ1) is 46.0. The average Bonchev–Trinajstić information content (AvgIpc) is 3.75. The molecule has 2 heterocycles. The van der Waals surface area contributed by atoms with Gasteiger partial charge in [0.05, 0.1) is 6.54 Å². The van der Waals surface area contributed by atoms with Crippen LogP contribution in [0.4, 0.5) is 0 Å². The molecule has 0 saturated heterocycles. The van der Waals surface area contributed by atoms with E-state index in [0.717, 1.165) is 60.7 Å². The van der Waals surface area contributed by atoms with Gasteiger partial charge in [-0.1, -0.05) is 102 Å². The molecule has 0 amide bonds. The number of hydrogen-bond donors (Lipinski definition) is 2. The van der Waals surface area contributed by atoms with Gasteiger partial charge in [0.15, 0.2) is 12.2 Å². The van der Waals surface area contributed by atoms with Gasteiger partial charge in [-0.3, -0.25) is 0 Å². The predicted molar refractivity (Wildman–Crippen MR) is 262 cm³/mol. The molecule has 63 heavy (non-hydrogen) atoms. The number of carboxylic acid groups (broad SMARTS) is 2. The number of aryl methyl sites for hydroxylation is 2. The van der Waals surface area contributed by atoms with Crippen molar-refractivity contribution in [3.8, 4) is 5.75 Å². The Morgan fingerprint density at radius 2 is 0.968 bits per heavy atom. The van der Waals surface area contributed by atoms with Gasteiger partial charge in [0.1, 0.15) is 12.4 Å². The SMILES string of the molecule is CCO[C@@H](Cc1ccc(CCCn2c3ccccc3c3cc(Br)ccc32)cc1)C(=O)O.CCO[C@@H](Cc1ccc(OCCn2c3ccc(Br)cc3c3cc(Br)ccc32)cc1)C(=O)O. The molecule has 12 heteroatoms. The van der Waals surface area contributed by atoms with Crippen molar-refractivity contribution in [2.75, 3.05) is 19.8 Å². The number of ether oxygens (including phenoxy) is 3. The molecule has 0 unspecified atom stereocenters. The van der Waals surface area contributed by atoms with Gasteiger partial charge in [-0.25, -0.2) is 9.59 Å². The lowest BCUT2D eigenvalue weighted by molar-refractivity contribution is -0.150. The molecule has 2 N–H and O–H groups in total. The van der Waals surface area contributed by atoms with Crippen molar-refractivity contribution in [2.45, 2.75) is 64.8 Å². The highest BCUT2D eigenvalue weighted by Gasteiger charge is 2.19. The minimum Gasteiger partial charge on any atom is -0.492 e. The van der Waals surface area contributed by atoms with Crippen LogP contribution in [0, 0.1) is 0 Å². The third-order valence-electron chi connectivity index (χ3n) is 11.0. The van der Waals surface area contributed by atoms with E-state index in [-0.39, 0.29) is 0 Å². The summed E-state index contributed by atoms with van der Waals surface area (Å²) >= 11 is 10.8. The van der Waals surface area contributed by atoms with E-state index in [0.29, 0.717) is 39.2 Å². The van der Waals surface area contributed by atoms with Crippen LogP contribution in [0.2, 0.25) is 0 Å². The number of nitrogens with zero attached hydrogens (tertiary/aromatic N) is 2. The second-order valence-corrected chi connectivity index (χ2v) is 17.9. The van der Waals surface area contributed by atoms with E-state index in [1.165, 1.54) is 38.1 Å². The number of carboxylic acids is 2. The first-order chi connectivity index (χ1) is 30.5. The summed E-state index contributed by atoms with van der Waals surface area (Å²) in [6.07, 6.45) is 1.10. The normalized spacial score (nSPS) is 12.4. The molecule has 0 aliphatic heterocycles. The quantitative estimate of drug-likeness (QED) is 0.0880. The summed E-state index contributed by atoms with van der Waals surface area (Å²) in [5, 5.41) is 23.5. The van der Waals surface area contributed by atoms with Crippen LogP contribution in [0.25, 0.3) is 43.6 Å². The Hall–Kier alpha value is -4.98. The molecule has 0 bridgehead atoms. The zero-order valence-electron chi connectivity index (χ0n) is 35.1. The van der Waals surface area contributed by atoms with Crippen LogP contribution in [0.15, 0.2) is 141 Å². The van der Waals surface area contributed by atoms with E-state index >= 15 is 0 Å². The zero-order chi connectivity index (χ0) is 44.5. The molecule has 8 rings (SSSR count). The molecule has 6 aromatic carbocycles. The van der Waals surface area contributed by atoms with Crippen LogP contribution in [0.1, 0.15) is 37.0 Å². The molecule has 2 aromatic heterocycles.